The number of fused-ring (bicyclic) bond motifs is 1. The van der Waals surface area contributed by atoms with Crippen molar-refractivity contribution in [1.29, 1.82) is 0 Å². The Balaban J connectivity index is 1.72. The highest BCUT2D eigenvalue weighted by Gasteiger charge is 2.27. The molecule has 1 aromatic heterocycles. The highest BCUT2D eigenvalue weighted by Crippen LogP contribution is 2.31. The second-order valence-corrected chi connectivity index (χ2v) is 8.51. The fraction of sp³-hybridized carbons (Fsp3) is 0.385. The summed E-state index contributed by atoms with van der Waals surface area (Å²) in [7, 11) is 3.15. The van der Waals surface area contributed by atoms with Gasteiger partial charge in [0.2, 0.25) is 0 Å². The van der Waals surface area contributed by atoms with Gasteiger partial charge in [0.1, 0.15) is 0 Å². The number of methoxy groups -OCH3 is 2. The molecule has 3 aromatic rings. The molecular weight excluding hydrogens is 404 g/mol. The molecule has 0 unspecified atom stereocenters. The molecular formula is C26H30N2O4. The van der Waals surface area contributed by atoms with Gasteiger partial charge in [-0.25, -0.2) is 0 Å². The van der Waals surface area contributed by atoms with E-state index in [1.54, 1.807) is 20.3 Å². The summed E-state index contributed by atoms with van der Waals surface area (Å²) in [4.78, 5) is 31.3. The Bertz CT molecular complexity index is 1160. The van der Waals surface area contributed by atoms with E-state index < -0.39 is 0 Å². The monoisotopic (exact) mass is 434 g/mol. The molecule has 1 N–H and O–H groups in total. The third kappa shape index (κ3) is 4.49. The first kappa shape index (κ1) is 21.9. The minimum absolute atomic E-state index is 0.0243. The second kappa shape index (κ2) is 9.47. The quantitative estimate of drug-likeness (QED) is 0.603. The van der Waals surface area contributed by atoms with Crippen molar-refractivity contribution in [2.45, 2.75) is 51.6 Å². The van der Waals surface area contributed by atoms with Crippen LogP contribution in [0.2, 0.25) is 0 Å². The van der Waals surface area contributed by atoms with Crippen molar-refractivity contribution in [3.8, 4) is 11.5 Å². The lowest BCUT2D eigenvalue weighted by Crippen LogP contribution is -2.42. The third-order valence-corrected chi connectivity index (χ3v) is 6.34. The van der Waals surface area contributed by atoms with Gasteiger partial charge in [0.25, 0.3) is 11.5 Å². The summed E-state index contributed by atoms with van der Waals surface area (Å²) in [5, 5.41) is 0.837. The van der Waals surface area contributed by atoms with Crippen molar-refractivity contribution in [2.75, 3.05) is 14.2 Å². The van der Waals surface area contributed by atoms with Crippen molar-refractivity contribution in [3.05, 3.63) is 69.5 Å². The number of benzene rings is 2. The van der Waals surface area contributed by atoms with E-state index >= 15 is 0 Å². The van der Waals surface area contributed by atoms with E-state index in [2.05, 4.69) is 4.98 Å². The number of pyridine rings is 1. The van der Waals surface area contributed by atoms with Gasteiger partial charge in [0.05, 0.1) is 26.3 Å². The molecule has 1 heterocycles. The molecule has 168 valence electrons. The number of carbonyl (C=O) groups is 1. The Labute approximate surface area is 188 Å². The first-order valence-corrected chi connectivity index (χ1v) is 11.2. The van der Waals surface area contributed by atoms with Crippen molar-refractivity contribution in [3.63, 3.8) is 0 Å². The molecule has 0 bridgehead atoms. The van der Waals surface area contributed by atoms with Crippen LogP contribution in [-0.2, 0) is 6.54 Å². The lowest BCUT2D eigenvalue weighted by atomic mass is 9.93. The summed E-state index contributed by atoms with van der Waals surface area (Å²) < 4.78 is 10.8. The molecule has 0 saturated heterocycles. The van der Waals surface area contributed by atoms with E-state index in [0.717, 1.165) is 36.6 Å². The molecule has 1 saturated carbocycles. The largest absolute Gasteiger partial charge is 0.493 e. The van der Waals surface area contributed by atoms with E-state index in [0.29, 0.717) is 28.1 Å². The molecule has 1 aliphatic carbocycles. The minimum atomic E-state index is -0.192. The maximum Gasteiger partial charge on any atom is 0.254 e. The topological polar surface area (TPSA) is 71.6 Å². The average Bonchev–Trinajstić information content (AvgIpc) is 2.82. The van der Waals surface area contributed by atoms with Crippen molar-refractivity contribution in [1.82, 2.24) is 9.88 Å². The molecule has 0 aliphatic heterocycles. The van der Waals surface area contributed by atoms with Crippen molar-refractivity contribution in [2.24, 2.45) is 0 Å². The second-order valence-electron chi connectivity index (χ2n) is 8.51. The van der Waals surface area contributed by atoms with Gasteiger partial charge in [-0.3, -0.25) is 9.59 Å². The van der Waals surface area contributed by atoms with Gasteiger partial charge >= 0.3 is 0 Å². The molecule has 32 heavy (non-hydrogen) atoms. The number of nitrogens with one attached hydrogen (secondary N) is 1. The maximum atomic E-state index is 13.5. The molecule has 6 nitrogen and oxygen atoms in total. The van der Waals surface area contributed by atoms with E-state index in [1.165, 1.54) is 6.42 Å². The number of aromatic amines is 1. The predicted octanol–water partition coefficient (Wildman–Crippen LogP) is 4.83. The predicted molar refractivity (Wildman–Crippen MR) is 126 cm³/mol. The van der Waals surface area contributed by atoms with Gasteiger partial charge in [0.15, 0.2) is 11.5 Å². The fourth-order valence-electron chi connectivity index (χ4n) is 4.50. The number of hydrogen-bond donors (Lipinski definition) is 1. The van der Waals surface area contributed by atoms with E-state index in [-0.39, 0.29) is 24.1 Å². The Kier molecular flexibility index (Phi) is 6.49. The Morgan fingerprint density at radius 3 is 2.31 bits per heavy atom. The zero-order valence-corrected chi connectivity index (χ0v) is 18.9. The first-order valence-electron chi connectivity index (χ1n) is 11.2. The lowest BCUT2D eigenvalue weighted by molar-refractivity contribution is 0.0613. The summed E-state index contributed by atoms with van der Waals surface area (Å²) in [6.07, 6.45) is 5.34. The fourth-order valence-corrected chi connectivity index (χ4v) is 4.50. The lowest BCUT2D eigenvalue weighted by Gasteiger charge is -2.34. The van der Waals surface area contributed by atoms with Gasteiger partial charge < -0.3 is 19.4 Å². The van der Waals surface area contributed by atoms with E-state index in [9.17, 15) is 9.59 Å². The summed E-state index contributed by atoms with van der Waals surface area (Å²) in [5.41, 5.74) is 2.81. The Hall–Kier alpha value is -3.28. The number of H-pyrrole nitrogens is 1. The van der Waals surface area contributed by atoms with E-state index in [4.69, 9.17) is 9.47 Å². The molecule has 0 atom stereocenters. The number of aryl methyl sites for hydroxylation is 1. The minimum Gasteiger partial charge on any atom is -0.493 e. The molecule has 1 fully saturated rings. The smallest absolute Gasteiger partial charge is 0.254 e. The van der Waals surface area contributed by atoms with Gasteiger partial charge in [-0.15, -0.1) is 0 Å². The summed E-state index contributed by atoms with van der Waals surface area (Å²) in [6, 6.07) is 13.2. The molecule has 4 rings (SSSR count). The Morgan fingerprint density at radius 1 is 1.00 bits per heavy atom. The van der Waals surface area contributed by atoms with E-state index in [1.807, 2.05) is 48.2 Å². The molecule has 0 radical (unpaired) electrons. The number of carbonyl (C=O) groups excluding carboxylic acids is 1. The SMILES string of the molecule is COc1cc2cc(CN(C(=O)c3ccc(C)cc3)C3CCCCC3)c(=O)[nH]c2cc1OC. The van der Waals surface area contributed by atoms with Crippen molar-refractivity contribution < 1.29 is 14.3 Å². The maximum absolute atomic E-state index is 13.5. The van der Waals surface area contributed by atoms with Gasteiger partial charge in [-0.05, 0) is 44.0 Å². The van der Waals surface area contributed by atoms with Crippen LogP contribution in [0.15, 0.2) is 47.3 Å². The van der Waals surface area contributed by atoms with Crippen LogP contribution in [0.3, 0.4) is 0 Å². The standard InChI is InChI=1S/C26H30N2O4/c1-17-9-11-18(12-10-17)26(30)28(21-7-5-4-6-8-21)16-20-13-19-14-23(31-2)24(32-3)15-22(19)27-25(20)29/h9-15,21H,4-8,16H2,1-3H3,(H,27,29). The number of hydrogen-bond acceptors (Lipinski definition) is 4. The molecule has 6 heteroatoms. The molecule has 2 aromatic carbocycles. The summed E-state index contributed by atoms with van der Waals surface area (Å²) >= 11 is 0. The first-order chi connectivity index (χ1) is 15.5. The van der Waals surface area contributed by atoms with Crippen LogP contribution >= 0.6 is 0 Å². The highest BCUT2D eigenvalue weighted by molar-refractivity contribution is 5.94. The number of ether oxygens (including phenoxy) is 2. The molecule has 1 aliphatic rings. The van der Waals surface area contributed by atoms with Gasteiger partial charge in [0, 0.05) is 28.6 Å². The van der Waals surface area contributed by atoms with Crippen LogP contribution in [0.1, 0.15) is 53.6 Å². The number of nitrogens with zero attached hydrogens (tertiary/aromatic N) is 1. The van der Waals surface area contributed by atoms with Gasteiger partial charge in [-0.2, -0.15) is 0 Å². The number of amides is 1. The molecule has 0 spiro atoms. The molecule has 1 amide bonds. The third-order valence-electron chi connectivity index (χ3n) is 6.34. The van der Waals surface area contributed by atoms with Crippen LogP contribution in [-0.4, -0.2) is 36.1 Å². The van der Waals surface area contributed by atoms with Crippen LogP contribution in [0.25, 0.3) is 10.9 Å². The van der Waals surface area contributed by atoms with Crippen LogP contribution in [0.5, 0.6) is 11.5 Å². The number of rotatable bonds is 6. The van der Waals surface area contributed by atoms with Crippen molar-refractivity contribution >= 4 is 16.8 Å². The Morgan fingerprint density at radius 2 is 1.66 bits per heavy atom. The van der Waals surface area contributed by atoms with Gasteiger partial charge in [-0.1, -0.05) is 37.0 Å². The average molecular weight is 435 g/mol. The highest BCUT2D eigenvalue weighted by atomic mass is 16.5. The van der Waals surface area contributed by atoms with Crippen LogP contribution < -0.4 is 15.0 Å². The van der Waals surface area contributed by atoms with Crippen LogP contribution in [0, 0.1) is 6.92 Å². The summed E-state index contributed by atoms with van der Waals surface area (Å²) in [5.74, 6) is 1.13. The zero-order valence-electron chi connectivity index (χ0n) is 18.9. The zero-order chi connectivity index (χ0) is 22.7. The normalized spacial score (nSPS) is 14.3. The van der Waals surface area contributed by atoms with Crippen LogP contribution in [0.4, 0.5) is 0 Å². The summed E-state index contributed by atoms with van der Waals surface area (Å²) in [6.45, 7) is 2.28. The number of aromatic nitrogens is 1.